The summed E-state index contributed by atoms with van der Waals surface area (Å²) >= 11 is 0. The fourth-order valence-electron chi connectivity index (χ4n) is 2.06. The van der Waals surface area contributed by atoms with Gasteiger partial charge in [0.1, 0.15) is 5.69 Å². The minimum atomic E-state index is -0.287. The third-order valence-corrected chi connectivity index (χ3v) is 2.77. The fourth-order valence-corrected chi connectivity index (χ4v) is 2.06. The fraction of sp³-hybridized carbons (Fsp3) is 0.357. The maximum Gasteiger partial charge on any atom is 0.355 e. The summed E-state index contributed by atoms with van der Waals surface area (Å²) in [7, 11) is 3.97. The van der Waals surface area contributed by atoms with Crippen molar-refractivity contribution in [2.24, 2.45) is 0 Å². The molecule has 0 atom stereocenters. The summed E-state index contributed by atoms with van der Waals surface area (Å²) in [6.07, 6.45) is 0. The average molecular weight is 246 g/mol. The van der Waals surface area contributed by atoms with Crippen molar-refractivity contribution in [3.8, 4) is 0 Å². The molecule has 1 heterocycles. The lowest BCUT2D eigenvalue weighted by molar-refractivity contribution is 0.0518. The van der Waals surface area contributed by atoms with E-state index in [0.29, 0.717) is 18.8 Å². The maximum absolute atomic E-state index is 11.9. The van der Waals surface area contributed by atoms with E-state index >= 15 is 0 Å². The molecule has 0 aliphatic rings. The van der Waals surface area contributed by atoms with Gasteiger partial charge in [0, 0.05) is 23.0 Å². The van der Waals surface area contributed by atoms with Gasteiger partial charge < -0.3 is 14.6 Å². The number of hydrogen-bond acceptors (Lipinski definition) is 3. The van der Waals surface area contributed by atoms with Gasteiger partial charge in [-0.05, 0) is 27.1 Å². The second kappa shape index (κ2) is 5.23. The highest BCUT2D eigenvalue weighted by Crippen LogP contribution is 2.24. The lowest BCUT2D eigenvalue weighted by atomic mass is 10.1. The Balaban J connectivity index is 2.53. The number of rotatable bonds is 4. The summed E-state index contributed by atoms with van der Waals surface area (Å²) in [5.41, 5.74) is 2.53. The molecular weight excluding hydrogens is 228 g/mol. The molecule has 0 fully saturated rings. The van der Waals surface area contributed by atoms with Crippen LogP contribution in [0.25, 0.3) is 10.9 Å². The number of aromatic nitrogens is 1. The molecule has 2 aromatic rings. The van der Waals surface area contributed by atoms with E-state index < -0.39 is 0 Å². The first-order valence-electron chi connectivity index (χ1n) is 6.05. The number of H-pyrrole nitrogens is 1. The standard InChI is InChI=1S/C14H18N2O2/c1-4-18-14(17)13-11(9-16(2)3)10-7-5-6-8-12(10)15-13/h5-8,15H,4,9H2,1-3H3. The zero-order chi connectivity index (χ0) is 13.1. The van der Waals surface area contributed by atoms with E-state index in [0.717, 1.165) is 16.5 Å². The van der Waals surface area contributed by atoms with Crippen molar-refractivity contribution in [3.05, 3.63) is 35.5 Å². The predicted molar refractivity (Wildman–Crippen MR) is 71.6 cm³/mol. The van der Waals surface area contributed by atoms with E-state index in [1.807, 2.05) is 50.2 Å². The van der Waals surface area contributed by atoms with Crippen LogP contribution < -0.4 is 0 Å². The number of para-hydroxylation sites is 1. The van der Waals surface area contributed by atoms with Gasteiger partial charge in [-0.25, -0.2) is 4.79 Å². The van der Waals surface area contributed by atoms with Crippen molar-refractivity contribution in [1.82, 2.24) is 9.88 Å². The summed E-state index contributed by atoms with van der Waals surface area (Å²) < 4.78 is 5.09. The number of nitrogens with one attached hydrogen (secondary N) is 1. The molecule has 0 aliphatic carbocycles. The SMILES string of the molecule is CCOC(=O)c1[nH]c2ccccc2c1CN(C)C. The normalized spacial score (nSPS) is 11.1. The largest absolute Gasteiger partial charge is 0.461 e. The van der Waals surface area contributed by atoms with Gasteiger partial charge in [-0.1, -0.05) is 18.2 Å². The number of hydrogen-bond donors (Lipinski definition) is 1. The number of nitrogens with zero attached hydrogens (tertiary/aromatic N) is 1. The molecule has 1 aromatic heterocycles. The molecule has 0 saturated carbocycles. The maximum atomic E-state index is 11.9. The van der Waals surface area contributed by atoms with Crippen LogP contribution in [-0.2, 0) is 11.3 Å². The number of fused-ring (bicyclic) bond motifs is 1. The Morgan fingerprint density at radius 2 is 2.06 bits per heavy atom. The molecule has 0 amide bonds. The molecule has 0 spiro atoms. The van der Waals surface area contributed by atoms with Crippen LogP contribution in [0, 0.1) is 0 Å². The third-order valence-electron chi connectivity index (χ3n) is 2.77. The highest BCUT2D eigenvalue weighted by Gasteiger charge is 2.18. The molecule has 0 saturated heterocycles. The number of ether oxygens (including phenoxy) is 1. The first-order valence-corrected chi connectivity index (χ1v) is 6.05. The van der Waals surface area contributed by atoms with E-state index in [4.69, 9.17) is 4.74 Å². The summed E-state index contributed by atoms with van der Waals surface area (Å²) in [5, 5.41) is 1.08. The van der Waals surface area contributed by atoms with Crippen molar-refractivity contribution in [2.75, 3.05) is 20.7 Å². The van der Waals surface area contributed by atoms with Crippen molar-refractivity contribution in [2.45, 2.75) is 13.5 Å². The molecule has 4 nitrogen and oxygen atoms in total. The summed E-state index contributed by atoms with van der Waals surface area (Å²) in [6.45, 7) is 2.90. The quantitative estimate of drug-likeness (QED) is 0.843. The van der Waals surface area contributed by atoms with Gasteiger partial charge >= 0.3 is 5.97 Å². The van der Waals surface area contributed by atoms with Crippen molar-refractivity contribution in [1.29, 1.82) is 0 Å². The lowest BCUT2D eigenvalue weighted by Crippen LogP contribution is -2.15. The Morgan fingerprint density at radius 3 is 2.72 bits per heavy atom. The number of carbonyl (C=O) groups excluding carboxylic acids is 1. The van der Waals surface area contributed by atoms with Crippen LogP contribution in [0.4, 0.5) is 0 Å². The molecule has 0 unspecified atom stereocenters. The molecule has 18 heavy (non-hydrogen) atoms. The molecule has 4 heteroatoms. The number of carbonyl (C=O) groups is 1. The Labute approximate surface area is 107 Å². The second-order valence-corrected chi connectivity index (χ2v) is 4.48. The first-order chi connectivity index (χ1) is 8.63. The predicted octanol–water partition coefficient (Wildman–Crippen LogP) is 2.41. The van der Waals surface area contributed by atoms with Gasteiger partial charge in [0.2, 0.25) is 0 Å². The third kappa shape index (κ3) is 2.38. The summed E-state index contributed by atoms with van der Waals surface area (Å²) in [6, 6.07) is 7.92. The first kappa shape index (κ1) is 12.6. The number of benzene rings is 1. The van der Waals surface area contributed by atoms with Crippen LogP contribution in [0.2, 0.25) is 0 Å². The molecule has 0 aliphatic heterocycles. The molecule has 96 valence electrons. The molecule has 0 bridgehead atoms. The Kier molecular flexibility index (Phi) is 3.67. The van der Waals surface area contributed by atoms with Gasteiger partial charge in [0.25, 0.3) is 0 Å². The molecule has 1 N–H and O–H groups in total. The van der Waals surface area contributed by atoms with E-state index in [1.165, 1.54) is 0 Å². The summed E-state index contributed by atoms with van der Waals surface area (Å²) in [4.78, 5) is 17.1. The van der Waals surface area contributed by atoms with Crippen LogP contribution >= 0.6 is 0 Å². The van der Waals surface area contributed by atoms with Gasteiger partial charge in [0.05, 0.1) is 6.61 Å². The van der Waals surface area contributed by atoms with Crippen molar-refractivity contribution >= 4 is 16.9 Å². The highest BCUT2D eigenvalue weighted by molar-refractivity contribution is 5.98. The van der Waals surface area contributed by atoms with Gasteiger partial charge in [0.15, 0.2) is 0 Å². The monoisotopic (exact) mass is 246 g/mol. The van der Waals surface area contributed by atoms with Crippen LogP contribution in [-0.4, -0.2) is 36.6 Å². The summed E-state index contributed by atoms with van der Waals surface area (Å²) in [5.74, 6) is -0.287. The number of aromatic amines is 1. The average Bonchev–Trinajstić information content (AvgIpc) is 2.68. The van der Waals surface area contributed by atoms with Crippen LogP contribution in [0.5, 0.6) is 0 Å². The molecule has 1 aromatic carbocycles. The van der Waals surface area contributed by atoms with Crippen molar-refractivity contribution < 1.29 is 9.53 Å². The zero-order valence-corrected chi connectivity index (χ0v) is 11.0. The Hall–Kier alpha value is -1.81. The highest BCUT2D eigenvalue weighted by atomic mass is 16.5. The smallest absolute Gasteiger partial charge is 0.355 e. The lowest BCUT2D eigenvalue weighted by Gasteiger charge is -2.10. The molecule has 2 rings (SSSR count). The van der Waals surface area contributed by atoms with Gasteiger partial charge in [-0.2, -0.15) is 0 Å². The van der Waals surface area contributed by atoms with Gasteiger partial charge in [-0.15, -0.1) is 0 Å². The topological polar surface area (TPSA) is 45.3 Å². The van der Waals surface area contributed by atoms with Crippen LogP contribution in [0.3, 0.4) is 0 Å². The Morgan fingerprint density at radius 1 is 1.33 bits per heavy atom. The van der Waals surface area contributed by atoms with E-state index in [2.05, 4.69) is 4.98 Å². The van der Waals surface area contributed by atoms with Crippen molar-refractivity contribution in [3.63, 3.8) is 0 Å². The molecular formula is C14H18N2O2. The van der Waals surface area contributed by atoms with E-state index in [9.17, 15) is 4.79 Å². The second-order valence-electron chi connectivity index (χ2n) is 4.48. The minimum Gasteiger partial charge on any atom is -0.461 e. The minimum absolute atomic E-state index is 0.287. The van der Waals surface area contributed by atoms with E-state index in [-0.39, 0.29) is 5.97 Å². The van der Waals surface area contributed by atoms with Gasteiger partial charge in [-0.3, -0.25) is 0 Å². The van der Waals surface area contributed by atoms with Crippen LogP contribution in [0.15, 0.2) is 24.3 Å². The Bertz CT molecular complexity index is 558. The van der Waals surface area contributed by atoms with E-state index in [1.54, 1.807) is 0 Å². The van der Waals surface area contributed by atoms with Crippen LogP contribution in [0.1, 0.15) is 23.0 Å². The molecule has 0 radical (unpaired) electrons. The zero-order valence-electron chi connectivity index (χ0n) is 11.0. The number of esters is 1.